The Morgan fingerprint density at radius 1 is 1.29 bits per heavy atom. The molecule has 0 saturated carbocycles. The molecule has 0 aromatic carbocycles. The first-order chi connectivity index (χ1) is 7.97. The van der Waals surface area contributed by atoms with E-state index in [0.717, 1.165) is 12.8 Å². The number of carbonyl (C=O) groups is 2. The highest BCUT2D eigenvalue weighted by Crippen LogP contribution is 2.09. The Bertz CT molecular complexity index is 246. The van der Waals surface area contributed by atoms with Crippen molar-refractivity contribution < 1.29 is 14.7 Å². The summed E-state index contributed by atoms with van der Waals surface area (Å²) in [6.45, 7) is 4.45. The Balaban J connectivity index is 3.62. The molecule has 0 aliphatic carbocycles. The maximum absolute atomic E-state index is 11.2. The van der Waals surface area contributed by atoms with Gasteiger partial charge in [0.1, 0.15) is 0 Å². The number of rotatable bonds is 8. The van der Waals surface area contributed by atoms with Gasteiger partial charge in [-0.2, -0.15) is 0 Å². The topological polar surface area (TPSA) is 104 Å². The molecular formula is C11H23N3O3. The van der Waals surface area contributed by atoms with E-state index in [2.05, 4.69) is 10.6 Å². The van der Waals surface area contributed by atoms with E-state index in [0.29, 0.717) is 19.5 Å². The second kappa shape index (κ2) is 8.81. The van der Waals surface area contributed by atoms with E-state index >= 15 is 0 Å². The molecule has 6 heteroatoms. The standard InChI is InChI=1S/C11H23N3O3/c1-8(10(15)16)4-3-5-9(2)14-11(17)13-7-6-12/h8-9H,3-7,12H2,1-2H3,(H,15,16)(H2,13,14,17). The van der Waals surface area contributed by atoms with Crippen LogP contribution in [0.3, 0.4) is 0 Å². The van der Waals surface area contributed by atoms with Crippen LogP contribution in [0.1, 0.15) is 33.1 Å². The third-order valence-electron chi connectivity index (χ3n) is 2.50. The summed E-state index contributed by atoms with van der Waals surface area (Å²) in [5.74, 6) is -1.10. The zero-order valence-corrected chi connectivity index (χ0v) is 10.5. The van der Waals surface area contributed by atoms with E-state index < -0.39 is 5.97 Å². The average Bonchev–Trinajstić information content (AvgIpc) is 2.25. The molecule has 2 atom stereocenters. The quantitative estimate of drug-likeness (QED) is 0.500. The number of hydrogen-bond acceptors (Lipinski definition) is 3. The van der Waals surface area contributed by atoms with E-state index in [9.17, 15) is 9.59 Å². The van der Waals surface area contributed by atoms with Crippen molar-refractivity contribution in [2.75, 3.05) is 13.1 Å². The Labute approximate surface area is 102 Å². The van der Waals surface area contributed by atoms with Crippen LogP contribution in [0, 0.1) is 5.92 Å². The molecule has 0 spiro atoms. The molecule has 0 rings (SSSR count). The molecule has 0 bridgehead atoms. The highest BCUT2D eigenvalue weighted by atomic mass is 16.4. The largest absolute Gasteiger partial charge is 0.481 e. The summed E-state index contributed by atoms with van der Waals surface area (Å²) in [7, 11) is 0. The van der Waals surface area contributed by atoms with Crippen molar-refractivity contribution >= 4 is 12.0 Å². The minimum atomic E-state index is -0.772. The van der Waals surface area contributed by atoms with Gasteiger partial charge in [0.2, 0.25) is 0 Å². The summed E-state index contributed by atoms with van der Waals surface area (Å²) < 4.78 is 0. The third-order valence-corrected chi connectivity index (χ3v) is 2.50. The predicted molar refractivity (Wildman–Crippen MR) is 65.7 cm³/mol. The van der Waals surface area contributed by atoms with Gasteiger partial charge >= 0.3 is 12.0 Å². The van der Waals surface area contributed by atoms with Crippen molar-refractivity contribution in [3.05, 3.63) is 0 Å². The first-order valence-corrected chi connectivity index (χ1v) is 5.94. The van der Waals surface area contributed by atoms with Crippen LogP contribution < -0.4 is 16.4 Å². The molecule has 2 amide bonds. The molecule has 2 unspecified atom stereocenters. The van der Waals surface area contributed by atoms with Gasteiger partial charge in [0.25, 0.3) is 0 Å². The van der Waals surface area contributed by atoms with Crippen LogP contribution in [0.5, 0.6) is 0 Å². The lowest BCUT2D eigenvalue weighted by Crippen LogP contribution is -2.42. The Hall–Kier alpha value is -1.30. The first kappa shape index (κ1) is 15.7. The second-order valence-corrected chi connectivity index (χ2v) is 4.26. The zero-order valence-electron chi connectivity index (χ0n) is 10.5. The van der Waals surface area contributed by atoms with Gasteiger partial charge in [0, 0.05) is 19.1 Å². The van der Waals surface area contributed by atoms with Gasteiger partial charge in [0.15, 0.2) is 0 Å². The Kier molecular flexibility index (Phi) is 8.13. The van der Waals surface area contributed by atoms with Crippen molar-refractivity contribution in [1.29, 1.82) is 0 Å². The molecule has 0 heterocycles. The van der Waals surface area contributed by atoms with E-state index in [1.54, 1.807) is 6.92 Å². The van der Waals surface area contributed by atoms with E-state index in [1.165, 1.54) is 0 Å². The van der Waals surface area contributed by atoms with Gasteiger partial charge in [-0.25, -0.2) is 4.79 Å². The normalized spacial score (nSPS) is 13.8. The number of urea groups is 1. The molecule has 0 aromatic rings. The number of carbonyl (C=O) groups excluding carboxylic acids is 1. The van der Waals surface area contributed by atoms with Gasteiger partial charge in [-0.1, -0.05) is 13.3 Å². The fourth-order valence-electron chi connectivity index (χ4n) is 1.39. The number of hydrogen-bond donors (Lipinski definition) is 4. The summed E-state index contributed by atoms with van der Waals surface area (Å²) in [4.78, 5) is 21.8. The number of nitrogens with one attached hydrogen (secondary N) is 2. The van der Waals surface area contributed by atoms with Gasteiger partial charge in [0.05, 0.1) is 5.92 Å². The van der Waals surface area contributed by atoms with E-state index in [1.807, 2.05) is 6.92 Å². The molecule has 0 aliphatic heterocycles. The molecule has 0 radical (unpaired) electrons. The molecule has 100 valence electrons. The summed E-state index contributed by atoms with van der Waals surface area (Å²) in [5, 5.41) is 14.1. The van der Waals surface area contributed by atoms with Crippen molar-refractivity contribution in [3.63, 3.8) is 0 Å². The Morgan fingerprint density at radius 2 is 1.94 bits per heavy atom. The molecule has 0 saturated heterocycles. The molecule has 0 aromatic heterocycles. The first-order valence-electron chi connectivity index (χ1n) is 5.94. The molecule has 17 heavy (non-hydrogen) atoms. The number of amides is 2. The molecule has 5 N–H and O–H groups in total. The van der Waals surface area contributed by atoms with E-state index in [-0.39, 0.29) is 18.0 Å². The second-order valence-electron chi connectivity index (χ2n) is 4.26. The van der Waals surface area contributed by atoms with Crippen molar-refractivity contribution in [1.82, 2.24) is 10.6 Å². The lowest BCUT2D eigenvalue weighted by molar-refractivity contribution is -0.141. The van der Waals surface area contributed by atoms with Crippen molar-refractivity contribution in [2.24, 2.45) is 11.7 Å². The van der Waals surface area contributed by atoms with Crippen LogP contribution in [0.15, 0.2) is 0 Å². The Morgan fingerprint density at radius 3 is 2.47 bits per heavy atom. The molecule has 0 fully saturated rings. The zero-order chi connectivity index (χ0) is 13.3. The van der Waals surface area contributed by atoms with Crippen LogP contribution in [-0.2, 0) is 4.79 Å². The predicted octanol–water partition coefficient (Wildman–Crippen LogP) is 0.524. The minimum absolute atomic E-state index is 0.0359. The highest BCUT2D eigenvalue weighted by Gasteiger charge is 2.12. The van der Waals surface area contributed by atoms with Crippen LogP contribution >= 0.6 is 0 Å². The number of carboxylic acid groups (broad SMARTS) is 1. The third kappa shape index (κ3) is 8.50. The van der Waals surface area contributed by atoms with Gasteiger partial charge in [-0.3, -0.25) is 4.79 Å². The lowest BCUT2D eigenvalue weighted by Gasteiger charge is -2.15. The van der Waals surface area contributed by atoms with Crippen LogP contribution in [0.2, 0.25) is 0 Å². The van der Waals surface area contributed by atoms with Crippen molar-refractivity contribution in [2.45, 2.75) is 39.2 Å². The van der Waals surface area contributed by atoms with Crippen molar-refractivity contribution in [3.8, 4) is 0 Å². The highest BCUT2D eigenvalue weighted by molar-refractivity contribution is 5.74. The fourth-order valence-corrected chi connectivity index (χ4v) is 1.39. The summed E-state index contributed by atoms with van der Waals surface area (Å²) in [6, 6.07) is -0.192. The maximum atomic E-state index is 11.2. The number of nitrogens with two attached hydrogens (primary N) is 1. The summed E-state index contributed by atoms with van der Waals surface area (Å²) >= 11 is 0. The van der Waals surface area contributed by atoms with Gasteiger partial charge in [-0.05, 0) is 19.8 Å². The van der Waals surface area contributed by atoms with Gasteiger partial charge in [-0.15, -0.1) is 0 Å². The summed E-state index contributed by atoms with van der Waals surface area (Å²) in [5.41, 5.74) is 5.25. The minimum Gasteiger partial charge on any atom is -0.481 e. The monoisotopic (exact) mass is 245 g/mol. The van der Waals surface area contributed by atoms with E-state index in [4.69, 9.17) is 10.8 Å². The number of aliphatic carboxylic acids is 1. The molecular weight excluding hydrogens is 222 g/mol. The fraction of sp³-hybridized carbons (Fsp3) is 0.818. The smallest absolute Gasteiger partial charge is 0.315 e. The van der Waals surface area contributed by atoms with Crippen LogP contribution in [0.25, 0.3) is 0 Å². The van der Waals surface area contributed by atoms with Gasteiger partial charge < -0.3 is 21.5 Å². The number of carboxylic acids is 1. The molecule has 0 aliphatic rings. The maximum Gasteiger partial charge on any atom is 0.315 e. The average molecular weight is 245 g/mol. The molecule has 6 nitrogen and oxygen atoms in total. The van der Waals surface area contributed by atoms with Crippen LogP contribution in [0.4, 0.5) is 4.79 Å². The summed E-state index contributed by atoms with van der Waals surface area (Å²) in [6.07, 6.45) is 2.19. The van der Waals surface area contributed by atoms with Crippen LogP contribution in [-0.4, -0.2) is 36.2 Å². The SMILES string of the molecule is CC(CCCC(C)C(=O)O)NC(=O)NCCN. The lowest BCUT2D eigenvalue weighted by atomic mass is 10.0.